The molecule has 1 saturated carbocycles. The van der Waals surface area contributed by atoms with Crippen LogP contribution in [0.1, 0.15) is 12.8 Å². The number of sulfonamides is 1. The summed E-state index contributed by atoms with van der Waals surface area (Å²) >= 11 is 0. The number of nitrogens with zero attached hydrogens (tertiary/aromatic N) is 3. The Hall–Kier alpha value is -2.24. The van der Waals surface area contributed by atoms with Crippen LogP contribution in [0.3, 0.4) is 0 Å². The molecule has 0 unspecified atom stereocenters. The Morgan fingerprint density at radius 1 is 1.37 bits per heavy atom. The molecule has 0 bridgehead atoms. The van der Waals surface area contributed by atoms with Crippen molar-refractivity contribution in [2.45, 2.75) is 23.8 Å². The van der Waals surface area contributed by atoms with Crippen molar-refractivity contribution in [3.8, 4) is 0 Å². The number of rotatable bonds is 7. The molecule has 1 aliphatic heterocycles. The van der Waals surface area contributed by atoms with Gasteiger partial charge in [0.1, 0.15) is 5.69 Å². The molecule has 148 valence electrons. The van der Waals surface area contributed by atoms with Crippen molar-refractivity contribution in [1.82, 2.24) is 9.62 Å². The van der Waals surface area contributed by atoms with Crippen molar-refractivity contribution in [1.29, 1.82) is 0 Å². The fraction of sp³-hybridized carbons (Fsp3) is 0.562. The number of likely N-dealkylation sites (N-methyl/N-ethyl adjacent to an activating group) is 1. The third kappa shape index (κ3) is 4.54. The van der Waals surface area contributed by atoms with E-state index in [0.29, 0.717) is 0 Å². The van der Waals surface area contributed by atoms with E-state index in [1.54, 1.807) is 7.05 Å². The molecule has 0 aromatic heterocycles. The van der Waals surface area contributed by atoms with Crippen molar-refractivity contribution in [3.05, 3.63) is 28.3 Å². The molecule has 2 fully saturated rings. The number of anilines is 1. The quantitative estimate of drug-likeness (QED) is 0.519. The minimum atomic E-state index is -3.84. The van der Waals surface area contributed by atoms with Gasteiger partial charge < -0.3 is 15.0 Å². The van der Waals surface area contributed by atoms with Gasteiger partial charge in [0.2, 0.25) is 15.9 Å². The van der Waals surface area contributed by atoms with E-state index in [4.69, 9.17) is 4.74 Å². The van der Waals surface area contributed by atoms with Gasteiger partial charge in [0.05, 0.1) is 29.6 Å². The van der Waals surface area contributed by atoms with Crippen LogP contribution in [-0.4, -0.2) is 69.5 Å². The Morgan fingerprint density at radius 3 is 2.63 bits per heavy atom. The first-order valence-corrected chi connectivity index (χ1v) is 10.1. The molecular formula is C16H22N4O6S. The minimum Gasteiger partial charge on any atom is -0.379 e. The van der Waals surface area contributed by atoms with Crippen LogP contribution in [0.2, 0.25) is 0 Å². The number of ether oxygens (including phenoxy) is 1. The summed E-state index contributed by atoms with van der Waals surface area (Å²) in [6, 6.07) is 3.95. The number of nitro groups is 1. The zero-order valence-corrected chi connectivity index (χ0v) is 15.8. The summed E-state index contributed by atoms with van der Waals surface area (Å²) < 4.78 is 31.8. The number of nitro benzene ring substituents is 1. The highest BCUT2D eigenvalue weighted by Crippen LogP contribution is 2.31. The zero-order chi connectivity index (χ0) is 19.6. The maximum atomic E-state index is 12.7. The second-order valence-corrected chi connectivity index (χ2v) is 8.56. The summed E-state index contributed by atoms with van der Waals surface area (Å²) in [5, 5.41) is 14.3. The Balaban J connectivity index is 1.83. The van der Waals surface area contributed by atoms with Crippen LogP contribution in [0.15, 0.2) is 23.1 Å². The lowest BCUT2D eigenvalue weighted by Gasteiger charge is -2.26. The molecular weight excluding hydrogens is 376 g/mol. The fourth-order valence-electron chi connectivity index (χ4n) is 2.87. The number of hydrogen-bond donors (Lipinski definition) is 1. The van der Waals surface area contributed by atoms with Crippen LogP contribution in [0.4, 0.5) is 11.4 Å². The third-order valence-electron chi connectivity index (χ3n) is 4.49. The molecule has 10 nitrogen and oxygen atoms in total. The normalized spacial score (nSPS) is 18.1. The number of carbonyl (C=O) groups excluding carboxylic acids is 1. The first-order chi connectivity index (χ1) is 12.8. The fourth-order valence-corrected chi connectivity index (χ4v) is 4.30. The summed E-state index contributed by atoms with van der Waals surface area (Å²) in [6.07, 6.45) is 1.90. The maximum Gasteiger partial charge on any atom is 0.293 e. The van der Waals surface area contributed by atoms with Gasteiger partial charge in [-0.1, -0.05) is 0 Å². The molecule has 27 heavy (non-hydrogen) atoms. The van der Waals surface area contributed by atoms with E-state index in [0.717, 1.165) is 18.9 Å². The second-order valence-electron chi connectivity index (χ2n) is 6.62. The summed E-state index contributed by atoms with van der Waals surface area (Å²) in [5.74, 6) is -0.223. The Labute approximate surface area is 157 Å². The van der Waals surface area contributed by atoms with Gasteiger partial charge in [-0.25, -0.2) is 8.42 Å². The molecule has 1 aromatic carbocycles. The minimum absolute atomic E-state index is 0.0487. The molecule has 1 N–H and O–H groups in total. The van der Waals surface area contributed by atoms with Crippen molar-refractivity contribution < 1.29 is 22.9 Å². The van der Waals surface area contributed by atoms with E-state index in [1.807, 2.05) is 0 Å². The summed E-state index contributed by atoms with van der Waals surface area (Å²) in [4.78, 5) is 24.1. The maximum absolute atomic E-state index is 12.7. The first-order valence-electron chi connectivity index (χ1n) is 8.66. The van der Waals surface area contributed by atoms with E-state index in [1.165, 1.54) is 21.3 Å². The summed E-state index contributed by atoms with van der Waals surface area (Å²) in [7, 11) is -2.28. The van der Waals surface area contributed by atoms with Crippen LogP contribution < -0.4 is 10.2 Å². The van der Waals surface area contributed by atoms with Crippen molar-refractivity contribution in [3.63, 3.8) is 0 Å². The average molecular weight is 398 g/mol. The van der Waals surface area contributed by atoms with E-state index in [2.05, 4.69) is 5.32 Å². The van der Waals surface area contributed by atoms with Crippen LogP contribution in [0, 0.1) is 10.1 Å². The molecule has 0 radical (unpaired) electrons. The van der Waals surface area contributed by atoms with Crippen molar-refractivity contribution in [2.75, 3.05) is 44.8 Å². The van der Waals surface area contributed by atoms with Gasteiger partial charge in [-0.05, 0) is 25.0 Å². The Morgan fingerprint density at radius 2 is 2.04 bits per heavy atom. The van der Waals surface area contributed by atoms with Gasteiger partial charge in [0.15, 0.2) is 0 Å². The lowest BCUT2D eigenvalue weighted by atomic mass is 10.2. The number of carbonyl (C=O) groups is 1. The van der Waals surface area contributed by atoms with Gasteiger partial charge in [-0.3, -0.25) is 14.9 Å². The standard InChI is InChI=1S/C16H22N4O6S/c1-18(11-16(21)17-12-2-3-12)14-5-4-13(10-15(14)20(22)23)27(24,25)19-6-8-26-9-7-19/h4-5,10,12H,2-3,6-9,11H2,1H3,(H,17,21). The zero-order valence-electron chi connectivity index (χ0n) is 15.0. The van der Waals surface area contributed by atoms with Crippen LogP contribution in [0.25, 0.3) is 0 Å². The third-order valence-corrected chi connectivity index (χ3v) is 6.38. The number of nitrogens with one attached hydrogen (secondary N) is 1. The largest absolute Gasteiger partial charge is 0.379 e. The molecule has 1 heterocycles. The summed E-state index contributed by atoms with van der Waals surface area (Å²) in [5.41, 5.74) is -0.169. The van der Waals surface area contributed by atoms with Gasteiger partial charge in [-0.15, -0.1) is 0 Å². The topological polar surface area (TPSA) is 122 Å². The van der Waals surface area contributed by atoms with Gasteiger partial charge in [-0.2, -0.15) is 4.31 Å². The lowest BCUT2D eigenvalue weighted by molar-refractivity contribution is -0.384. The molecule has 0 atom stereocenters. The Kier molecular flexibility index (Phi) is 5.63. The second kappa shape index (κ2) is 7.79. The highest BCUT2D eigenvalue weighted by atomic mass is 32.2. The molecule has 11 heteroatoms. The molecule has 2 aliphatic rings. The molecule has 1 saturated heterocycles. The first kappa shape index (κ1) is 19.5. The van der Waals surface area contributed by atoms with Gasteiger partial charge >= 0.3 is 0 Å². The van der Waals surface area contributed by atoms with Crippen LogP contribution in [-0.2, 0) is 19.6 Å². The van der Waals surface area contributed by atoms with Crippen LogP contribution in [0.5, 0.6) is 0 Å². The highest BCUT2D eigenvalue weighted by molar-refractivity contribution is 7.89. The van der Waals surface area contributed by atoms with Gasteiger partial charge in [0, 0.05) is 32.2 Å². The summed E-state index contributed by atoms with van der Waals surface area (Å²) in [6.45, 7) is 0.946. The SMILES string of the molecule is CN(CC(=O)NC1CC1)c1ccc(S(=O)(=O)N2CCOCC2)cc1[N+](=O)[O-]. The molecule has 1 aromatic rings. The predicted octanol–water partition coefficient (Wildman–Crippen LogP) is 0.331. The number of benzene rings is 1. The monoisotopic (exact) mass is 398 g/mol. The number of hydrogen-bond acceptors (Lipinski definition) is 7. The van der Waals surface area contributed by atoms with E-state index in [9.17, 15) is 23.3 Å². The number of morpholine rings is 1. The molecule has 1 aliphatic carbocycles. The van der Waals surface area contributed by atoms with Crippen molar-refractivity contribution >= 4 is 27.3 Å². The molecule has 3 rings (SSSR count). The highest BCUT2D eigenvalue weighted by Gasteiger charge is 2.30. The van der Waals surface area contributed by atoms with Crippen molar-refractivity contribution in [2.24, 2.45) is 0 Å². The molecule has 1 amide bonds. The molecule has 0 spiro atoms. The van der Waals surface area contributed by atoms with E-state index >= 15 is 0 Å². The van der Waals surface area contributed by atoms with E-state index in [-0.39, 0.29) is 61.1 Å². The smallest absolute Gasteiger partial charge is 0.293 e. The average Bonchev–Trinajstić information content (AvgIpc) is 3.45. The number of amides is 1. The Bertz CT molecular complexity index is 833. The van der Waals surface area contributed by atoms with Crippen LogP contribution >= 0.6 is 0 Å². The van der Waals surface area contributed by atoms with E-state index < -0.39 is 14.9 Å². The predicted molar refractivity (Wildman–Crippen MR) is 97.1 cm³/mol. The van der Waals surface area contributed by atoms with Gasteiger partial charge in [0.25, 0.3) is 5.69 Å². The lowest BCUT2D eigenvalue weighted by Crippen LogP contribution is -2.40.